The van der Waals surface area contributed by atoms with Gasteiger partial charge >= 0.3 is 0 Å². The van der Waals surface area contributed by atoms with E-state index in [-0.39, 0.29) is 16.9 Å². The van der Waals surface area contributed by atoms with Crippen molar-refractivity contribution in [2.24, 2.45) is 0 Å². The first-order valence-corrected chi connectivity index (χ1v) is 11.2. The summed E-state index contributed by atoms with van der Waals surface area (Å²) < 4.78 is 11.3. The Hall–Kier alpha value is -3.84. The number of Topliss-reactive ketones (excluding diaryl/α,β-unsaturated/α-hetero) is 1. The first kappa shape index (κ1) is 23.3. The van der Waals surface area contributed by atoms with Gasteiger partial charge < -0.3 is 14.6 Å². The molecule has 1 atom stereocenters. The second kappa shape index (κ2) is 9.97. The molecule has 1 aromatic heterocycles. The fourth-order valence-corrected chi connectivity index (χ4v) is 4.02. The van der Waals surface area contributed by atoms with E-state index in [0.29, 0.717) is 41.1 Å². The van der Waals surface area contributed by atoms with Gasteiger partial charge in [-0.05, 0) is 62.4 Å². The van der Waals surface area contributed by atoms with E-state index in [9.17, 15) is 14.7 Å². The van der Waals surface area contributed by atoms with E-state index in [1.807, 2.05) is 13.8 Å². The molecule has 1 aliphatic heterocycles. The number of anilines is 1. The molecule has 7 nitrogen and oxygen atoms in total. The van der Waals surface area contributed by atoms with Gasteiger partial charge in [0.15, 0.2) is 0 Å². The number of carbonyl (C=O) groups is 2. The topological polar surface area (TPSA) is 89.0 Å². The number of aliphatic hydroxyl groups excluding tert-OH is 1. The number of pyridine rings is 1. The van der Waals surface area contributed by atoms with Gasteiger partial charge in [0.1, 0.15) is 23.3 Å². The number of ether oxygens (including phenoxy) is 2. The van der Waals surface area contributed by atoms with Gasteiger partial charge in [-0.2, -0.15) is 0 Å². The molecule has 2 aromatic carbocycles. The number of hydrogen-bond acceptors (Lipinski definition) is 6. The van der Waals surface area contributed by atoms with Gasteiger partial charge in [-0.25, -0.2) is 0 Å². The van der Waals surface area contributed by atoms with Gasteiger partial charge in [-0.15, -0.1) is 0 Å². The first-order chi connectivity index (χ1) is 16.5. The molecule has 0 aliphatic carbocycles. The van der Waals surface area contributed by atoms with Gasteiger partial charge in [0.05, 0.1) is 30.0 Å². The summed E-state index contributed by atoms with van der Waals surface area (Å²) in [6.07, 6.45) is 1.57. The molecule has 0 bridgehead atoms. The molecule has 1 amide bonds. The highest BCUT2D eigenvalue weighted by Gasteiger charge is 2.47. The van der Waals surface area contributed by atoms with Gasteiger partial charge in [0.25, 0.3) is 11.7 Å². The number of aliphatic hydroxyl groups is 1. The molecule has 1 fully saturated rings. The monoisotopic (exact) mass is 478 g/mol. The predicted molar refractivity (Wildman–Crippen MR) is 129 cm³/mol. The van der Waals surface area contributed by atoms with E-state index in [4.69, 9.17) is 21.1 Å². The highest BCUT2D eigenvalue weighted by Crippen LogP contribution is 2.43. The summed E-state index contributed by atoms with van der Waals surface area (Å²) in [5.74, 6) is -1.05. The van der Waals surface area contributed by atoms with Crippen LogP contribution in [-0.4, -0.2) is 35.0 Å². The molecule has 1 N–H and O–H groups in total. The molecular formula is C26H23ClN2O5. The second-order valence-corrected chi connectivity index (χ2v) is 7.86. The number of nitrogens with zero attached hydrogens (tertiary/aromatic N) is 2. The number of ketones is 1. The first-order valence-electron chi connectivity index (χ1n) is 10.8. The van der Waals surface area contributed by atoms with Crippen LogP contribution >= 0.6 is 11.6 Å². The zero-order valence-corrected chi connectivity index (χ0v) is 19.5. The molecule has 8 heteroatoms. The average Bonchev–Trinajstić information content (AvgIpc) is 3.11. The van der Waals surface area contributed by atoms with Crippen LogP contribution in [0.1, 0.15) is 31.1 Å². The maximum Gasteiger partial charge on any atom is 0.300 e. The summed E-state index contributed by atoms with van der Waals surface area (Å²) >= 11 is 6.02. The number of aromatic nitrogens is 1. The number of carbonyl (C=O) groups excluding carboxylic acids is 2. The minimum atomic E-state index is -0.941. The Labute approximate surface area is 202 Å². The SMILES string of the molecule is CCOc1ccc(/C(O)=C2/C(=O)C(=O)N(c3ccc(Cl)cc3)C2c2ccccn2)c(OCC)c1. The standard InChI is InChI=1S/C26H23ClN2O5/c1-3-33-18-12-13-19(21(15-18)34-4-2)24(30)22-23(20-7-5-6-14-28-20)29(26(32)25(22)31)17-10-8-16(27)9-11-17/h5-15,23,30H,3-4H2,1-2H3/b24-22-. The molecule has 1 aliphatic rings. The van der Waals surface area contributed by atoms with Crippen LogP contribution in [0.25, 0.3) is 5.76 Å². The zero-order valence-electron chi connectivity index (χ0n) is 18.7. The summed E-state index contributed by atoms with van der Waals surface area (Å²) in [6.45, 7) is 4.46. The number of benzene rings is 2. The van der Waals surface area contributed by atoms with Crippen molar-refractivity contribution >= 4 is 34.7 Å². The lowest BCUT2D eigenvalue weighted by atomic mass is 9.97. The van der Waals surface area contributed by atoms with Gasteiger partial charge in [-0.1, -0.05) is 17.7 Å². The lowest BCUT2D eigenvalue weighted by molar-refractivity contribution is -0.132. The predicted octanol–water partition coefficient (Wildman–Crippen LogP) is 5.16. The molecule has 2 heterocycles. The summed E-state index contributed by atoms with van der Waals surface area (Å²) in [4.78, 5) is 32.2. The Morgan fingerprint density at radius 1 is 1.03 bits per heavy atom. The molecule has 34 heavy (non-hydrogen) atoms. The maximum atomic E-state index is 13.3. The Bertz CT molecular complexity index is 1240. The molecule has 1 saturated heterocycles. The van der Waals surface area contributed by atoms with E-state index in [1.165, 1.54) is 4.90 Å². The van der Waals surface area contributed by atoms with Crippen LogP contribution in [0.5, 0.6) is 11.5 Å². The fraction of sp³-hybridized carbons (Fsp3) is 0.192. The molecule has 3 aromatic rings. The normalized spacial score (nSPS) is 17.1. The van der Waals surface area contributed by atoms with Gasteiger partial charge in [0.2, 0.25) is 0 Å². The highest BCUT2D eigenvalue weighted by molar-refractivity contribution is 6.51. The summed E-state index contributed by atoms with van der Waals surface area (Å²) in [6, 6.07) is 15.7. The minimum absolute atomic E-state index is 0.0798. The van der Waals surface area contributed by atoms with Crippen molar-refractivity contribution in [3.63, 3.8) is 0 Å². The second-order valence-electron chi connectivity index (χ2n) is 7.42. The van der Waals surface area contributed by atoms with Crippen molar-refractivity contribution in [3.05, 3.63) is 88.7 Å². The third kappa shape index (κ3) is 4.34. The van der Waals surface area contributed by atoms with Crippen molar-refractivity contribution in [2.75, 3.05) is 18.1 Å². The summed E-state index contributed by atoms with van der Waals surface area (Å²) in [7, 11) is 0. The third-order valence-electron chi connectivity index (χ3n) is 5.34. The van der Waals surface area contributed by atoms with Crippen LogP contribution < -0.4 is 14.4 Å². The van der Waals surface area contributed by atoms with Crippen LogP contribution in [0.15, 0.2) is 72.4 Å². The van der Waals surface area contributed by atoms with Gasteiger partial charge in [0, 0.05) is 23.0 Å². The number of amides is 1. The zero-order chi connectivity index (χ0) is 24.2. The number of hydrogen-bond donors (Lipinski definition) is 1. The van der Waals surface area contributed by atoms with Crippen molar-refractivity contribution in [3.8, 4) is 11.5 Å². The molecule has 4 rings (SSSR count). The molecular weight excluding hydrogens is 456 g/mol. The minimum Gasteiger partial charge on any atom is -0.507 e. The van der Waals surface area contributed by atoms with Crippen molar-refractivity contribution in [1.29, 1.82) is 0 Å². The third-order valence-corrected chi connectivity index (χ3v) is 5.59. The van der Waals surface area contributed by atoms with Crippen molar-refractivity contribution in [2.45, 2.75) is 19.9 Å². The van der Waals surface area contributed by atoms with E-state index in [0.717, 1.165) is 0 Å². The smallest absolute Gasteiger partial charge is 0.300 e. The Balaban J connectivity index is 1.92. The van der Waals surface area contributed by atoms with Crippen LogP contribution in [0.2, 0.25) is 5.02 Å². The van der Waals surface area contributed by atoms with Gasteiger partial charge in [-0.3, -0.25) is 19.5 Å². The number of rotatable bonds is 7. The summed E-state index contributed by atoms with van der Waals surface area (Å²) in [5, 5.41) is 11.9. The highest BCUT2D eigenvalue weighted by atomic mass is 35.5. The van der Waals surface area contributed by atoms with E-state index >= 15 is 0 Å². The Morgan fingerprint density at radius 3 is 2.41 bits per heavy atom. The van der Waals surface area contributed by atoms with E-state index in [1.54, 1.807) is 66.9 Å². The van der Waals surface area contributed by atoms with Crippen LogP contribution in [0.3, 0.4) is 0 Å². The van der Waals surface area contributed by atoms with Crippen LogP contribution in [0, 0.1) is 0 Å². The maximum absolute atomic E-state index is 13.3. The molecule has 0 spiro atoms. The van der Waals surface area contributed by atoms with E-state index in [2.05, 4.69) is 4.98 Å². The Kier molecular flexibility index (Phi) is 6.84. The van der Waals surface area contributed by atoms with Crippen molar-refractivity contribution in [1.82, 2.24) is 4.98 Å². The Morgan fingerprint density at radius 2 is 1.76 bits per heavy atom. The lowest BCUT2D eigenvalue weighted by Gasteiger charge is -2.24. The quantitative estimate of drug-likeness (QED) is 0.286. The fourth-order valence-electron chi connectivity index (χ4n) is 3.89. The largest absolute Gasteiger partial charge is 0.507 e. The van der Waals surface area contributed by atoms with Crippen molar-refractivity contribution < 1.29 is 24.2 Å². The van der Waals surface area contributed by atoms with Crippen LogP contribution in [0.4, 0.5) is 5.69 Å². The van der Waals surface area contributed by atoms with Crippen LogP contribution in [-0.2, 0) is 9.59 Å². The average molecular weight is 479 g/mol. The molecule has 1 unspecified atom stereocenters. The molecule has 0 radical (unpaired) electrons. The summed E-state index contributed by atoms with van der Waals surface area (Å²) in [5.41, 5.74) is 1.09. The van der Waals surface area contributed by atoms with E-state index < -0.39 is 17.7 Å². The number of halogens is 1. The lowest BCUT2D eigenvalue weighted by Crippen LogP contribution is -2.29. The molecule has 174 valence electrons. The molecule has 0 saturated carbocycles.